The Morgan fingerprint density at radius 2 is 0.346 bits per heavy atom. The number of thiazole rings is 6. The van der Waals surface area contributed by atoms with E-state index < -0.39 is 0 Å². The van der Waals surface area contributed by atoms with Crippen LogP contribution < -0.4 is 0 Å². The molecule has 0 saturated carbocycles. The zero-order chi connectivity index (χ0) is 51.3. The molecule has 12 aromatic heterocycles. The molecule has 0 unspecified atom stereocenters. The van der Waals surface area contributed by atoms with Gasteiger partial charge in [-0.05, 0) is 179 Å². The molecular weight excluding hydrogens is 1080 g/mol. The van der Waals surface area contributed by atoms with E-state index in [1.807, 2.05) is 110 Å². The number of nitrogens with zero attached hydrogens (tertiary/aromatic N) is 12. The van der Waals surface area contributed by atoms with E-state index in [4.69, 9.17) is 29.9 Å². The van der Waals surface area contributed by atoms with Gasteiger partial charge in [-0.3, -0.25) is 0 Å². The van der Waals surface area contributed by atoms with Gasteiger partial charge < -0.3 is 0 Å². The summed E-state index contributed by atoms with van der Waals surface area (Å²) in [7, 11) is 0. The van der Waals surface area contributed by atoms with E-state index in [2.05, 4.69) is 103 Å². The number of hydrogen-bond acceptors (Lipinski definition) is 18. The third-order valence-corrected chi connectivity index (χ3v) is 19.4. The van der Waals surface area contributed by atoms with Crippen molar-refractivity contribution >= 4 is 130 Å². The van der Waals surface area contributed by atoms with Gasteiger partial charge in [0.1, 0.15) is 92.1 Å². The highest BCUT2D eigenvalue weighted by molar-refractivity contribution is 7.23. The summed E-state index contributed by atoms with van der Waals surface area (Å²) in [5.41, 5.74) is 16.8. The minimum atomic E-state index is 0.852. The predicted octanol–water partition coefficient (Wildman–Crippen LogP) is 16.7. The van der Waals surface area contributed by atoms with Crippen molar-refractivity contribution in [1.82, 2.24) is 59.8 Å². The second-order valence-corrected chi connectivity index (χ2v) is 24.1. The number of aromatic nitrogens is 12. The molecule has 0 atom stereocenters. The molecule has 18 heteroatoms. The molecule has 16 aromatic rings. The van der Waals surface area contributed by atoms with E-state index in [0.29, 0.717) is 0 Å². The monoisotopic (exact) mass is 1110 g/mol. The van der Waals surface area contributed by atoms with Crippen molar-refractivity contribution < 1.29 is 0 Å². The third kappa shape index (κ3) is 8.20. The van der Waals surface area contributed by atoms with Crippen molar-refractivity contribution in [1.29, 1.82) is 0 Å². The normalized spacial score (nSPS) is 11.8. The van der Waals surface area contributed by atoms with Crippen LogP contribution in [0.2, 0.25) is 0 Å². The lowest BCUT2D eigenvalue weighted by Gasteiger charge is -2.15. The van der Waals surface area contributed by atoms with Gasteiger partial charge in [0.25, 0.3) is 0 Å². The van der Waals surface area contributed by atoms with Gasteiger partial charge in [-0.15, -0.1) is 0 Å². The number of rotatable bonds is 9. The summed E-state index contributed by atoms with van der Waals surface area (Å²) in [5, 5.41) is 5.19. The predicted molar refractivity (Wildman–Crippen MR) is 321 cm³/mol. The molecule has 0 aliphatic carbocycles. The summed E-state index contributed by atoms with van der Waals surface area (Å²) in [4.78, 5) is 64.1. The fourth-order valence-corrected chi connectivity index (χ4v) is 15.0. The van der Waals surface area contributed by atoms with Gasteiger partial charge >= 0.3 is 0 Å². The Morgan fingerprint density at radius 3 is 0.513 bits per heavy atom. The number of fused-ring (bicyclic) bond motifs is 6. The largest absolute Gasteiger partial charge is 0.244 e. The molecule has 16 rings (SSSR count). The first kappa shape index (κ1) is 45.3. The second kappa shape index (κ2) is 18.4. The lowest BCUT2D eigenvalue weighted by Crippen LogP contribution is -1.91. The Balaban J connectivity index is 0.959. The average Bonchev–Trinajstić information content (AvgIpc) is 4.39. The summed E-state index contributed by atoms with van der Waals surface area (Å²) >= 11 is 9.47. The van der Waals surface area contributed by atoms with E-state index in [0.717, 1.165) is 159 Å². The quantitative estimate of drug-likeness (QED) is 0.135. The van der Waals surface area contributed by atoms with Crippen LogP contribution in [-0.4, -0.2) is 59.8 Å². The highest BCUT2D eigenvalue weighted by Gasteiger charge is 2.21. The molecule has 0 saturated heterocycles. The maximum atomic E-state index is 5.13. The lowest BCUT2D eigenvalue weighted by atomic mass is 9.90. The Morgan fingerprint density at radius 1 is 0.192 bits per heavy atom. The summed E-state index contributed by atoms with van der Waals surface area (Å²) in [6, 6.07) is 50.5. The van der Waals surface area contributed by atoms with Crippen LogP contribution in [0.5, 0.6) is 0 Å². The van der Waals surface area contributed by atoms with Gasteiger partial charge in [-0.1, -0.05) is 68.0 Å². The Labute approximate surface area is 466 Å². The highest BCUT2D eigenvalue weighted by Crippen LogP contribution is 2.45. The maximum Gasteiger partial charge on any atom is 0.143 e. The highest BCUT2D eigenvalue weighted by atomic mass is 32.1. The van der Waals surface area contributed by atoms with Crippen molar-refractivity contribution in [3.05, 3.63) is 183 Å². The van der Waals surface area contributed by atoms with Gasteiger partial charge in [0.15, 0.2) is 0 Å². The average molecular weight is 1110 g/mol. The fraction of sp³-hybridized carbons (Fsp3) is 0. The molecule has 12 nitrogen and oxygen atoms in total. The van der Waals surface area contributed by atoms with Crippen LogP contribution in [0.4, 0.5) is 0 Å². The molecule has 0 radical (unpaired) electrons. The summed E-state index contributed by atoms with van der Waals surface area (Å²) in [5.74, 6) is 0. The Bertz CT molecular complexity index is 4070. The number of benzene rings is 4. The van der Waals surface area contributed by atoms with Crippen LogP contribution in [0, 0.1) is 0 Å². The lowest BCUT2D eigenvalue weighted by molar-refractivity contribution is 1.40. The molecule has 0 aliphatic rings. The van der Waals surface area contributed by atoms with E-state index in [1.165, 1.54) is 0 Å². The summed E-state index contributed by atoms with van der Waals surface area (Å²) in [6.45, 7) is 0. The van der Waals surface area contributed by atoms with Crippen LogP contribution in [-0.2, 0) is 0 Å². The summed E-state index contributed by atoms with van der Waals surface area (Å²) in [6.07, 6.45) is 10.9. The molecule has 0 amide bonds. The first-order valence-corrected chi connectivity index (χ1v) is 29.3. The minimum Gasteiger partial charge on any atom is -0.244 e. The fourth-order valence-electron chi connectivity index (χ4n) is 9.61. The van der Waals surface area contributed by atoms with Crippen LogP contribution in [0.1, 0.15) is 0 Å². The molecule has 0 N–H and O–H groups in total. The van der Waals surface area contributed by atoms with Gasteiger partial charge in [-0.25, -0.2) is 59.8 Å². The van der Waals surface area contributed by atoms with E-state index in [9.17, 15) is 0 Å². The van der Waals surface area contributed by atoms with Crippen LogP contribution in [0.3, 0.4) is 0 Å². The molecule has 78 heavy (non-hydrogen) atoms. The number of hydrogen-bond donors (Lipinski definition) is 0. The molecular formula is C60H30N12S6. The molecule has 0 spiro atoms. The molecule has 0 fully saturated rings. The van der Waals surface area contributed by atoms with E-state index in [1.54, 1.807) is 68.0 Å². The Kier molecular flexibility index (Phi) is 10.7. The van der Waals surface area contributed by atoms with Crippen molar-refractivity contribution in [3.8, 4) is 96.8 Å². The maximum absolute atomic E-state index is 5.13. The SMILES string of the molecule is c1cnc2sc(-c3cc(-c4cc(-c5cc(-c6nc7cccnc7s6)cc(-c6nc7cccnc7s6)c5)cc(-c5cc(-c6nc7cccnc7s6)cc(-c6nc7cccnc7s6)c5)c4)cc(-c4nc5cccnc5s4)c3)nc2c1. The second-order valence-electron chi connectivity index (χ2n) is 18.3. The zero-order valence-corrected chi connectivity index (χ0v) is 45.0. The van der Waals surface area contributed by atoms with Gasteiger partial charge in [0.2, 0.25) is 0 Å². The summed E-state index contributed by atoms with van der Waals surface area (Å²) < 4.78 is 0. The smallest absolute Gasteiger partial charge is 0.143 e. The Hall–Kier alpha value is -8.88. The molecule has 4 aromatic carbocycles. The van der Waals surface area contributed by atoms with Gasteiger partial charge in [-0.2, -0.15) is 0 Å². The standard InChI is InChI=1S/C60H30N12S6/c1-7-43-55(61-13-1)73-49(67-43)37-22-34(23-38(28-37)50-68-44-8-2-14-62-56(44)74-50)31-19-32(35-24-39(51-69-45-9-3-15-63-57(45)75-51)29-40(25-35)52-70-46-10-4-16-64-58(46)76-52)21-33(20-31)36-26-41(53-71-47-11-5-17-65-59(47)77-53)30-42(27-36)54-72-48-12-6-18-66-60(48)78-54/h1-30H. The van der Waals surface area contributed by atoms with Crippen molar-refractivity contribution in [2.45, 2.75) is 0 Å². The zero-order valence-electron chi connectivity index (χ0n) is 40.1. The van der Waals surface area contributed by atoms with Crippen molar-refractivity contribution in [3.63, 3.8) is 0 Å². The minimum absolute atomic E-state index is 0.852. The molecule has 0 bridgehead atoms. The van der Waals surface area contributed by atoms with Crippen LogP contribution in [0.25, 0.3) is 159 Å². The van der Waals surface area contributed by atoms with Gasteiger partial charge in [0, 0.05) is 70.6 Å². The van der Waals surface area contributed by atoms with Crippen molar-refractivity contribution in [2.75, 3.05) is 0 Å². The first-order valence-electron chi connectivity index (χ1n) is 24.4. The first-order chi connectivity index (χ1) is 38.5. The van der Waals surface area contributed by atoms with Crippen LogP contribution >= 0.6 is 68.0 Å². The molecule has 12 heterocycles. The molecule has 0 aliphatic heterocycles. The van der Waals surface area contributed by atoms with Gasteiger partial charge in [0.05, 0.1) is 0 Å². The van der Waals surface area contributed by atoms with E-state index in [-0.39, 0.29) is 0 Å². The number of pyridine rings is 6. The van der Waals surface area contributed by atoms with Crippen LogP contribution in [0.15, 0.2) is 183 Å². The van der Waals surface area contributed by atoms with E-state index >= 15 is 0 Å². The molecule has 366 valence electrons. The van der Waals surface area contributed by atoms with Crippen molar-refractivity contribution in [2.24, 2.45) is 0 Å². The third-order valence-electron chi connectivity index (χ3n) is 13.2. The topological polar surface area (TPSA) is 155 Å².